The van der Waals surface area contributed by atoms with Crippen LogP contribution in [-0.4, -0.2) is 41.6 Å². The van der Waals surface area contributed by atoms with Gasteiger partial charge in [0.2, 0.25) is 6.43 Å². The molecule has 1 heterocycles. The van der Waals surface area contributed by atoms with E-state index in [0.29, 0.717) is 19.4 Å². The largest absolute Gasteiger partial charge is 0.444 e. The van der Waals surface area contributed by atoms with Gasteiger partial charge in [-0.2, -0.15) is 0 Å². The Morgan fingerprint density at radius 1 is 1.50 bits per heavy atom. The lowest BCUT2D eigenvalue weighted by atomic mass is 9.87. The lowest BCUT2D eigenvalue weighted by Crippen LogP contribution is -2.57. The second-order valence-corrected chi connectivity index (χ2v) is 5.96. The molecule has 4 nitrogen and oxygen atoms in total. The van der Waals surface area contributed by atoms with E-state index >= 15 is 0 Å². The topological polar surface area (TPSA) is 55.6 Å². The van der Waals surface area contributed by atoms with Crippen molar-refractivity contribution in [3.63, 3.8) is 0 Å². The average molecular weight is 264 g/mol. The molecule has 0 aliphatic carbocycles. The molecule has 1 amide bonds. The predicted molar refractivity (Wildman–Crippen MR) is 64.6 cm³/mol. The summed E-state index contributed by atoms with van der Waals surface area (Å²) in [5.74, 6) is 0. The first-order valence-corrected chi connectivity index (χ1v) is 6.16. The van der Waals surface area contributed by atoms with Crippen LogP contribution in [0.1, 0.15) is 40.0 Å². The van der Waals surface area contributed by atoms with Crippen molar-refractivity contribution in [2.75, 3.05) is 13.1 Å². The van der Waals surface area contributed by atoms with Gasteiger partial charge in [-0.3, -0.25) is 0 Å². The minimum atomic E-state index is -2.45. The van der Waals surface area contributed by atoms with Gasteiger partial charge in [-0.1, -0.05) is 0 Å². The molecule has 1 fully saturated rings. The van der Waals surface area contributed by atoms with Crippen LogP contribution in [0.3, 0.4) is 0 Å². The molecule has 0 spiro atoms. The SMILES string of the molecule is CC(C)(C)OC(=O)N1CCCC(N)(CC(F)F)C1. The molecule has 0 aromatic rings. The molecule has 1 saturated heterocycles. The van der Waals surface area contributed by atoms with Gasteiger partial charge in [0.15, 0.2) is 0 Å². The molecule has 0 bridgehead atoms. The number of nitrogens with two attached hydrogens (primary N) is 1. The number of carbonyl (C=O) groups is 1. The Hall–Kier alpha value is -0.910. The number of likely N-dealkylation sites (tertiary alicyclic amines) is 1. The van der Waals surface area contributed by atoms with Gasteiger partial charge in [0.1, 0.15) is 5.60 Å². The van der Waals surface area contributed by atoms with Gasteiger partial charge < -0.3 is 15.4 Å². The molecular formula is C12H22F2N2O2. The van der Waals surface area contributed by atoms with Crippen LogP contribution in [-0.2, 0) is 4.74 Å². The van der Waals surface area contributed by atoms with Crippen LogP contribution in [0.4, 0.5) is 13.6 Å². The van der Waals surface area contributed by atoms with Crippen LogP contribution in [0, 0.1) is 0 Å². The Kier molecular flexibility index (Phi) is 4.53. The third kappa shape index (κ3) is 4.76. The quantitative estimate of drug-likeness (QED) is 0.833. The van der Waals surface area contributed by atoms with Crippen molar-refractivity contribution in [1.82, 2.24) is 4.90 Å². The molecule has 6 heteroatoms. The van der Waals surface area contributed by atoms with E-state index < -0.39 is 23.7 Å². The third-order valence-electron chi connectivity index (χ3n) is 2.82. The van der Waals surface area contributed by atoms with E-state index in [0.717, 1.165) is 0 Å². The van der Waals surface area contributed by atoms with Crippen LogP contribution in [0.25, 0.3) is 0 Å². The predicted octanol–water partition coefficient (Wildman–Crippen LogP) is 2.37. The summed E-state index contributed by atoms with van der Waals surface area (Å²) in [5, 5.41) is 0. The first-order valence-electron chi connectivity index (χ1n) is 6.16. The molecule has 1 atom stereocenters. The summed E-state index contributed by atoms with van der Waals surface area (Å²) in [6.07, 6.45) is -2.18. The number of hydrogen-bond donors (Lipinski definition) is 1. The summed E-state index contributed by atoms with van der Waals surface area (Å²) in [7, 11) is 0. The Morgan fingerprint density at radius 3 is 2.61 bits per heavy atom. The van der Waals surface area contributed by atoms with Gasteiger partial charge in [-0.05, 0) is 33.6 Å². The normalized spacial score (nSPS) is 25.4. The smallest absolute Gasteiger partial charge is 0.410 e. The Bertz CT molecular complexity index is 305. The lowest BCUT2D eigenvalue weighted by molar-refractivity contribution is 0.00657. The van der Waals surface area contributed by atoms with E-state index in [9.17, 15) is 13.6 Å². The number of halogens is 2. The number of carbonyl (C=O) groups excluding carboxylic acids is 1. The monoisotopic (exact) mass is 264 g/mol. The van der Waals surface area contributed by atoms with Gasteiger partial charge in [0.05, 0.1) is 0 Å². The molecule has 1 rings (SSSR count). The van der Waals surface area contributed by atoms with Gasteiger partial charge >= 0.3 is 6.09 Å². The van der Waals surface area contributed by atoms with Gasteiger partial charge in [0, 0.05) is 25.0 Å². The van der Waals surface area contributed by atoms with Crippen molar-refractivity contribution < 1.29 is 18.3 Å². The van der Waals surface area contributed by atoms with Crippen LogP contribution in [0.15, 0.2) is 0 Å². The standard InChI is InChI=1S/C12H22F2N2O2/c1-11(2,3)18-10(17)16-6-4-5-12(15,8-16)7-9(13)14/h9H,4-8,15H2,1-3H3. The molecule has 0 saturated carbocycles. The van der Waals surface area contributed by atoms with Gasteiger partial charge in [-0.25, -0.2) is 13.6 Å². The van der Waals surface area contributed by atoms with Crippen LogP contribution >= 0.6 is 0 Å². The fourth-order valence-electron chi connectivity index (χ4n) is 2.12. The Labute approximate surface area is 106 Å². The van der Waals surface area contributed by atoms with Crippen molar-refractivity contribution in [2.45, 2.75) is 57.6 Å². The van der Waals surface area contributed by atoms with E-state index in [1.165, 1.54) is 4.90 Å². The molecule has 1 unspecified atom stereocenters. The molecule has 1 aliphatic heterocycles. The van der Waals surface area contributed by atoms with Crippen molar-refractivity contribution in [3.05, 3.63) is 0 Å². The maximum absolute atomic E-state index is 12.4. The van der Waals surface area contributed by atoms with Crippen LogP contribution < -0.4 is 5.73 Å². The van der Waals surface area contributed by atoms with Crippen LogP contribution in [0.2, 0.25) is 0 Å². The van der Waals surface area contributed by atoms with Crippen molar-refractivity contribution in [1.29, 1.82) is 0 Å². The number of alkyl halides is 2. The fourth-order valence-corrected chi connectivity index (χ4v) is 2.12. The second kappa shape index (κ2) is 5.38. The van der Waals surface area contributed by atoms with Crippen molar-refractivity contribution in [3.8, 4) is 0 Å². The van der Waals surface area contributed by atoms with Crippen molar-refractivity contribution in [2.24, 2.45) is 5.73 Å². The molecular weight excluding hydrogens is 242 g/mol. The highest BCUT2D eigenvalue weighted by Gasteiger charge is 2.37. The maximum Gasteiger partial charge on any atom is 0.410 e. The molecule has 0 radical (unpaired) electrons. The molecule has 18 heavy (non-hydrogen) atoms. The van der Waals surface area contributed by atoms with Crippen molar-refractivity contribution >= 4 is 6.09 Å². The maximum atomic E-state index is 12.4. The van der Waals surface area contributed by atoms with Crippen LogP contribution in [0.5, 0.6) is 0 Å². The number of nitrogens with zero attached hydrogens (tertiary/aromatic N) is 1. The summed E-state index contributed by atoms with van der Waals surface area (Å²) < 4.78 is 30.1. The minimum absolute atomic E-state index is 0.131. The highest BCUT2D eigenvalue weighted by Crippen LogP contribution is 2.26. The number of rotatable bonds is 2. The van der Waals surface area contributed by atoms with E-state index in [-0.39, 0.29) is 13.0 Å². The van der Waals surface area contributed by atoms with E-state index in [2.05, 4.69) is 0 Å². The summed E-state index contributed by atoms with van der Waals surface area (Å²) in [5.41, 5.74) is 4.34. The number of amides is 1. The third-order valence-corrected chi connectivity index (χ3v) is 2.82. The summed E-state index contributed by atoms with van der Waals surface area (Å²) >= 11 is 0. The number of piperidine rings is 1. The highest BCUT2D eigenvalue weighted by molar-refractivity contribution is 5.68. The zero-order chi connectivity index (χ0) is 14.0. The zero-order valence-corrected chi connectivity index (χ0v) is 11.2. The summed E-state index contributed by atoms with van der Waals surface area (Å²) in [4.78, 5) is 13.3. The van der Waals surface area contributed by atoms with Gasteiger partial charge in [-0.15, -0.1) is 0 Å². The first-order chi connectivity index (χ1) is 8.11. The number of hydrogen-bond acceptors (Lipinski definition) is 3. The molecule has 106 valence electrons. The number of ether oxygens (including phenoxy) is 1. The van der Waals surface area contributed by atoms with E-state index in [4.69, 9.17) is 10.5 Å². The molecule has 0 aromatic carbocycles. The fraction of sp³-hybridized carbons (Fsp3) is 0.917. The molecule has 0 aromatic heterocycles. The highest BCUT2D eigenvalue weighted by atomic mass is 19.3. The summed E-state index contributed by atoms with van der Waals surface area (Å²) in [6.45, 7) is 5.94. The molecule has 1 aliphatic rings. The zero-order valence-electron chi connectivity index (χ0n) is 11.2. The van der Waals surface area contributed by atoms with E-state index in [1.54, 1.807) is 20.8 Å². The molecule has 2 N–H and O–H groups in total. The van der Waals surface area contributed by atoms with E-state index in [1.807, 2.05) is 0 Å². The second-order valence-electron chi connectivity index (χ2n) is 5.96. The summed E-state index contributed by atoms with van der Waals surface area (Å²) in [6, 6.07) is 0. The minimum Gasteiger partial charge on any atom is -0.444 e. The first kappa shape index (κ1) is 15.1. The average Bonchev–Trinajstić information content (AvgIpc) is 2.12. The Morgan fingerprint density at radius 2 is 2.11 bits per heavy atom. The lowest BCUT2D eigenvalue weighted by Gasteiger charge is -2.40. The Balaban J connectivity index is 2.61. The van der Waals surface area contributed by atoms with Gasteiger partial charge in [0.25, 0.3) is 0 Å².